The molecule has 26 heavy (non-hydrogen) atoms. The molecule has 1 aromatic carbocycles. The molecular formula is C21H29N3O2. The molecule has 5 nitrogen and oxygen atoms in total. The van der Waals surface area contributed by atoms with Crippen molar-refractivity contribution in [3.8, 4) is 11.5 Å². The lowest BCUT2D eigenvalue weighted by atomic mass is 10.1. The minimum absolute atomic E-state index is 0.374. The molecule has 1 aliphatic heterocycles. The second-order valence-electron chi connectivity index (χ2n) is 6.96. The molecule has 2 aromatic rings. The SMILES string of the molecule is CCOc1ccc(CN2CCc3nc(C(C)C)ncc3C2)cc1OCC. The van der Waals surface area contributed by atoms with Crippen LogP contribution >= 0.6 is 0 Å². The summed E-state index contributed by atoms with van der Waals surface area (Å²) in [5, 5.41) is 0. The first-order valence-electron chi connectivity index (χ1n) is 9.56. The molecule has 1 aromatic heterocycles. The minimum atomic E-state index is 0.374. The molecule has 0 atom stereocenters. The average Bonchev–Trinajstić information content (AvgIpc) is 2.63. The number of hydrogen-bond donors (Lipinski definition) is 0. The molecule has 3 rings (SSSR count). The summed E-state index contributed by atoms with van der Waals surface area (Å²) in [6.45, 7) is 12.3. The second kappa shape index (κ2) is 8.49. The summed E-state index contributed by atoms with van der Waals surface area (Å²) in [6, 6.07) is 6.24. The van der Waals surface area contributed by atoms with Gasteiger partial charge in [-0.15, -0.1) is 0 Å². The Kier molecular flexibility index (Phi) is 6.09. The average molecular weight is 355 g/mol. The summed E-state index contributed by atoms with van der Waals surface area (Å²) < 4.78 is 11.4. The van der Waals surface area contributed by atoms with Gasteiger partial charge in [-0.25, -0.2) is 9.97 Å². The van der Waals surface area contributed by atoms with Gasteiger partial charge in [-0.2, -0.15) is 0 Å². The zero-order valence-electron chi connectivity index (χ0n) is 16.3. The number of benzene rings is 1. The fourth-order valence-corrected chi connectivity index (χ4v) is 3.26. The van der Waals surface area contributed by atoms with E-state index in [4.69, 9.17) is 14.5 Å². The van der Waals surface area contributed by atoms with E-state index in [0.29, 0.717) is 19.1 Å². The molecule has 0 spiro atoms. The van der Waals surface area contributed by atoms with E-state index in [1.54, 1.807) is 0 Å². The van der Waals surface area contributed by atoms with Gasteiger partial charge in [0.05, 0.1) is 13.2 Å². The largest absolute Gasteiger partial charge is 0.490 e. The molecule has 140 valence electrons. The van der Waals surface area contributed by atoms with Gasteiger partial charge in [-0.3, -0.25) is 4.90 Å². The van der Waals surface area contributed by atoms with Gasteiger partial charge in [-0.05, 0) is 31.5 Å². The summed E-state index contributed by atoms with van der Waals surface area (Å²) in [5.41, 5.74) is 3.69. The quantitative estimate of drug-likeness (QED) is 0.752. The maximum absolute atomic E-state index is 5.75. The summed E-state index contributed by atoms with van der Waals surface area (Å²) in [7, 11) is 0. The van der Waals surface area contributed by atoms with E-state index in [-0.39, 0.29) is 0 Å². The van der Waals surface area contributed by atoms with Crippen molar-refractivity contribution in [2.45, 2.75) is 53.1 Å². The van der Waals surface area contributed by atoms with Gasteiger partial charge in [0.2, 0.25) is 0 Å². The summed E-state index contributed by atoms with van der Waals surface area (Å²) >= 11 is 0. The molecule has 1 aliphatic rings. The van der Waals surface area contributed by atoms with Crippen molar-refractivity contribution in [1.82, 2.24) is 14.9 Å². The lowest BCUT2D eigenvalue weighted by Gasteiger charge is -2.28. The fourth-order valence-electron chi connectivity index (χ4n) is 3.26. The Morgan fingerprint density at radius 2 is 1.88 bits per heavy atom. The lowest BCUT2D eigenvalue weighted by Crippen LogP contribution is -2.31. The number of nitrogens with zero attached hydrogens (tertiary/aromatic N) is 3. The highest BCUT2D eigenvalue weighted by molar-refractivity contribution is 5.43. The van der Waals surface area contributed by atoms with Gasteiger partial charge >= 0.3 is 0 Å². The lowest BCUT2D eigenvalue weighted by molar-refractivity contribution is 0.241. The number of hydrogen-bond acceptors (Lipinski definition) is 5. The first-order chi connectivity index (χ1) is 12.6. The Bertz CT molecular complexity index is 746. The molecule has 0 amide bonds. The van der Waals surface area contributed by atoms with Crippen LogP contribution in [0.25, 0.3) is 0 Å². The minimum Gasteiger partial charge on any atom is -0.490 e. The first-order valence-corrected chi connectivity index (χ1v) is 9.56. The zero-order valence-corrected chi connectivity index (χ0v) is 16.3. The molecule has 0 fully saturated rings. The topological polar surface area (TPSA) is 47.5 Å². The third kappa shape index (κ3) is 4.33. The van der Waals surface area contributed by atoms with Crippen molar-refractivity contribution < 1.29 is 9.47 Å². The highest BCUT2D eigenvalue weighted by Crippen LogP contribution is 2.29. The molecule has 5 heteroatoms. The number of aromatic nitrogens is 2. The Hall–Kier alpha value is -2.14. The second-order valence-corrected chi connectivity index (χ2v) is 6.96. The van der Waals surface area contributed by atoms with Gasteiger partial charge in [0.25, 0.3) is 0 Å². The normalized spacial score (nSPS) is 14.3. The maximum Gasteiger partial charge on any atom is 0.161 e. The Morgan fingerprint density at radius 3 is 2.62 bits per heavy atom. The standard InChI is InChI=1S/C21H29N3O2/c1-5-25-19-8-7-16(11-20(19)26-6-2)13-24-10-9-18-17(14-24)12-22-21(23-18)15(3)4/h7-8,11-12,15H,5-6,9-10,13-14H2,1-4H3. The third-order valence-electron chi connectivity index (χ3n) is 4.56. The molecule has 0 radical (unpaired) electrons. The van der Waals surface area contributed by atoms with Crippen molar-refractivity contribution in [2.24, 2.45) is 0 Å². The van der Waals surface area contributed by atoms with Crippen LogP contribution in [-0.2, 0) is 19.5 Å². The molecule has 0 bridgehead atoms. The third-order valence-corrected chi connectivity index (χ3v) is 4.56. The fraction of sp³-hybridized carbons (Fsp3) is 0.524. The molecular weight excluding hydrogens is 326 g/mol. The van der Waals surface area contributed by atoms with Gasteiger partial charge < -0.3 is 9.47 Å². The van der Waals surface area contributed by atoms with Crippen molar-refractivity contribution in [2.75, 3.05) is 19.8 Å². The van der Waals surface area contributed by atoms with Crippen molar-refractivity contribution in [3.05, 3.63) is 47.0 Å². The van der Waals surface area contributed by atoms with Crippen LogP contribution in [0.15, 0.2) is 24.4 Å². The van der Waals surface area contributed by atoms with Crippen LogP contribution in [0.3, 0.4) is 0 Å². The van der Waals surface area contributed by atoms with E-state index in [0.717, 1.165) is 43.4 Å². The summed E-state index contributed by atoms with van der Waals surface area (Å²) in [6.07, 6.45) is 2.99. The molecule has 0 unspecified atom stereocenters. The molecule has 0 N–H and O–H groups in total. The van der Waals surface area contributed by atoms with Gasteiger partial charge in [0.15, 0.2) is 11.5 Å². The van der Waals surface area contributed by atoms with Crippen molar-refractivity contribution in [3.63, 3.8) is 0 Å². The Morgan fingerprint density at radius 1 is 1.12 bits per heavy atom. The smallest absolute Gasteiger partial charge is 0.161 e. The van der Waals surface area contributed by atoms with Crippen molar-refractivity contribution in [1.29, 1.82) is 0 Å². The van der Waals surface area contributed by atoms with Crippen LogP contribution in [0.2, 0.25) is 0 Å². The van der Waals surface area contributed by atoms with E-state index in [2.05, 4.69) is 35.9 Å². The predicted octanol–water partition coefficient (Wildman–Crippen LogP) is 3.96. The van der Waals surface area contributed by atoms with Crippen molar-refractivity contribution >= 4 is 0 Å². The van der Waals surface area contributed by atoms with Crippen LogP contribution < -0.4 is 9.47 Å². The predicted molar refractivity (Wildman–Crippen MR) is 103 cm³/mol. The van der Waals surface area contributed by atoms with Gasteiger partial charge in [0, 0.05) is 49.4 Å². The van der Waals surface area contributed by atoms with Crippen LogP contribution in [0.5, 0.6) is 11.5 Å². The zero-order chi connectivity index (χ0) is 18.5. The maximum atomic E-state index is 5.75. The van der Waals surface area contributed by atoms with Crippen LogP contribution in [0, 0.1) is 0 Å². The molecule has 0 saturated heterocycles. The highest BCUT2D eigenvalue weighted by atomic mass is 16.5. The highest BCUT2D eigenvalue weighted by Gasteiger charge is 2.19. The van der Waals surface area contributed by atoms with Gasteiger partial charge in [0.1, 0.15) is 5.82 Å². The Labute approximate surface area is 156 Å². The molecule has 2 heterocycles. The number of fused-ring (bicyclic) bond motifs is 1. The van der Waals surface area contributed by atoms with E-state index >= 15 is 0 Å². The monoisotopic (exact) mass is 355 g/mol. The van der Waals surface area contributed by atoms with E-state index in [1.165, 1.54) is 16.8 Å². The van der Waals surface area contributed by atoms with Gasteiger partial charge in [-0.1, -0.05) is 19.9 Å². The molecule has 0 saturated carbocycles. The van der Waals surface area contributed by atoms with E-state index in [9.17, 15) is 0 Å². The van der Waals surface area contributed by atoms with E-state index < -0.39 is 0 Å². The van der Waals surface area contributed by atoms with Crippen LogP contribution in [0.4, 0.5) is 0 Å². The van der Waals surface area contributed by atoms with E-state index in [1.807, 2.05) is 26.1 Å². The number of rotatable bonds is 7. The Balaban J connectivity index is 1.71. The first kappa shape index (κ1) is 18.6. The van der Waals surface area contributed by atoms with Crippen LogP contribution in [0.1, 0.15) is 56.3 Å². The number of ether oxygens (including phenoxy) is 2. The summed E-state index contributed by atoms with van der Waals surface area (Å²) in [4.78, 5) is 11.7. The summed E-state index contributed by atoms with van der Waals surface area (Å²) in [5.74, 6) is 2.97. The van der Waals surface area contributed by atoms with Crippen LogP contribution in [-0.4, -0.2) is 34.6 Å². The molecule has 0 aliphatic carbocycles.